The number of aromatic nitrogens is 1. The van der Waals surface area contributed by atoms with Gasteiger partial charge in [-0.05, 0) is 43.7 Å². The molecule has 1 aliphatic carbocycles. The van der Waals surface area contributed by atoms with Gasteiger partial charge in [0.2, 0.25) is 18.7 Å². The molecule has 1 fully saturated rings. The summed E-state index contributed by atoms with van der Waals surface area (Å²) in [5.41, 5.74) is 10.7. The van der Waals surface area contributed by atoms with E-state index in [4.69, 9.17) is 14.6 Å². The fourth-order valence-electron chi connectivity index (χ4n) is 4.63. The largest absolute Gasteiger partial charge is 0.372 e. The molecule has 0 aromatic carbocycles. The second kappa shape index (κ2) is 22.1. The molecule has 3 unspecified atom stereocenters. The maximum absolute atomic E-state index is 12.8. The zero-order valence-corrected chi connectivity index (χ0v) is 27.3. The average molecular weight is 593 g/mol. The Labute approximate surface area is 252 Å². The maximum atomic E-state index is 12.8. The fourth-order valence-corrected chi connectivity index (χ4v) is 5.75. The second-order valence-electron chi connectivity index (χ2n) is 10.8. The molecule has 3 amide bonds. The summed E-state index contributed by atoms with van der Waals surface area (Å²) in [6.07, 6.45) is 9.19. The summed E-state index contributed by atoms with van der Waals surface area (Å²) in [7, 11) is 2.18. The van der Waals surface area contributed by atoms with Crippen LogP contribution in [0, 0.1) is 17.8 Å². The Hall–Kier alpha value is -2.56. The van der Waals surface area contributed by atoms with Crippen LogP contribution >= 0.6 is 11.3 Å². The third kappa shape index (κ3) is 15.3. The molecule has 0 saturated carbocycles. The van der Waals surface area contributed by atoms with Crippen molar-refractivity contribution in [2.45, 2.75) is 79.7 Å². The Balaban J connectivity index is 0.00000180. The number of thiazole rings is 1. The minimum absolute atomic E-state index is 0.136. The highest BCUT2D eigenvalue weighted by atomic mass is 32.1. The van der Waals surface area contributed by atoms with Crippen LogP contribution in [0.15, 0.2) is 18.2 Å². The number of hydrogen-bond acceptors (Lipinski definition) is 7. The van der Waals surface area contributed by atoms with Crippen molar-refractivity contribution in [3.63, 3.8) is 0 Å². The quantitative estimate of drug-likeness (QED) is 0.264. The van der Waals surface area contributed by atoms with Crippen molar-refractivity contribution in [1.29, 1.82) is 0 Å². The number of carbonyl (C=O) groups excluding carboxylic acids is 3. The Morgan fingerprint density at radius 2 is 1.76 bits per heavy atom. The van der Waals surface area contributed by atoms with Crippen LogP contribution < -0.4 is 16.8 Å². The number of rotatable bonds is 11. The van der Waals surface area contributed by atoms with Crippen LogP contribution in [0.5, 0.6) is 0 Å². The number of likely N-dealkylation sites (N-methyl/N-ethyl adjacent to an activating group) is 1. The minimum atomic E-state index is 0.136. The van der Waals surface area contributed by atoms with Crippen LogP contribution in [-0.4, -0.2) is 79.3 Å². The predicted molar refractivity (Wildman–Crippen MR) is 172 cm³/mol. The molecule has 3 rings (SSSR count). The molecule has 3 atom stereocenters. The zero-order chi connectivity index (χ0) is 31.4. The third-order valence-electron chi connectivity index (χ3n) is 7.35. The Morgan fingerprint density at radius 3 is 2.29 bits per heavy atom. The average Bonchev–Trinajstić information content (AvgIpc) is 3.36. The molecular weight excluding hydrogens is 536 g/mol. The van der Waals surface area contributed by atoms with E-state index < -0.39 is 0 Å². The summed E-state index contributed by atoms with van der Waals surface area (Å²) in [5, 5.41) is 4.42. The molecule has 1 aromatic heterocycles. The van der Waals surface area contributed by atoms with Crippen molar-refractivity contribution < 1.29 is 14.4 Å². The molecule has 1 saturated heterocycles. The first-order chi connectivity index (χ1) is 19.6. The molecule has 2 heterocycles. The van der Waals surface area contributed by atoms with Crippen LogP contribution in [0.3, 0.4) is 0 Å². The second-order valence-corrected chi connectivity index (χ2v) is 11.9. The highest BCUT2D eigenvalue weighted by Crippen LogP contribution is 2.31. The summed E-state index contributed by atoms with van der Waals surface area (Å²) in [4.78, 5) is 41.0. The van der Waals surface area contributed by atoms with Crippen molar-refractivity contribution in [3.8, 4) is 0 Å². The number of fused-ring (bicyclic) bond motifs is 1. The predicted octanol–water partition coefficient (Wildman–Crippen LogP) is 3.87. The van der Waals surface area contributed by atoms with Gasteiger partial charge in [0.1, 0.15) is 0 Å². The van der Waals surface area contributed by atoms with E-state index in [0.717, 1.165) is 69.1 Å². The lowest BCUT2D eigenvalue weighted by molar-refractivity contribution is -0.122. The number of nitrogens with one attached hydrogen (secondary N) is 1. The number of aryl methyl sites for hydroxylation is 1. The molecule has 1 aliphatic heterocycles. The van der Waals surface area contributed by atoms with E-state index in [1.807, 2.05) is 13.8 Å². The van der Waals surface area contributed by atoms with E-state index in [-0.39, 0.29) is 24.8 Å². The molecule has 0 spiro atoms. The maximum Gasteiger partial charge on any atom is 0.220 e. The van der Waals surface area contributed by atoms with Gasteiger partial charge in [-0.25, -0.2) is 4.98 Å². The normalized spacial score (nSPS) is 17.7. The van der Waals surface area contributed by atoms with Crippen molar-refractivity contribution in [1.82, 2.24) is 20.1 Å². The zero-order valence-electron chi connectivity index (χ0n) is 26.5. The highest BCUT2D eigenvalue weighted by Gasteiger charge is 2.23. The SMILES string of the molecule is C=C(CC(NC(=O)CCc1nc2c(s1)CC(C(C)C)C=C2)C(C)CC)CN1CCN(C)CC1.CC.NC=O.NC=O. The number of nitrogens with zero attached hydrogens (tertiary/aromatic N) is 3. The van der Waals surface area contributed by atoms with E-state index in [1.165, 1.54) is 10.5 Å². The van der Waals surface area contributed by atoms with Crippen LogP contribution in [0.4, 0.5) is 0 Å². The minimum Gasteiger partial charge on any atom is -0.372 e. The van der Waals surface area contributed by atoms with Crippen molar-refractivity contribution >= 4 is 36.1 Å². The van der Waals surface area contributed by atoms with Crippen molar-refractivity contribution in [2.24, 2.45) is 29.2 Å². The molecule has 0 radical (unpaired) electrons. The van der Waals surface area contributed by atoms with Gasteiger partial charge in [-0.1, -0.05) is 66.2 Å². The Bertz CT molecular complexity index is 919. The number of carbonyl (C=O) groups is 3. The van der Waals surface area contributed by atoms with Gasteiger partial charge in [-0.3, -0.25) is 19.3 Å². The van der Waals surface area contributed by atoms with Crippen LogP contribution in [0.2, 0.25) is 0 Å². The smallest absolute Gasteiger partial charge is 0.220 e. The number of piperazine rings is 1. The number of nitrogens with two attached hydrogens (primary N) is 2. The van der Waals surface area contributed by atoms with Crippen LogP contribution in [0.25, 0.3) is 6.08 Å². The molecule has 234 valence electrons. The molecule has 10 heteroatoms. The Kier molecular flexibility index (Phi) is 20.7. The van der Waals surface area contributed by atoms with E-state index in [9.17, 15) is 4.79 Å². The first-order valence-corrected chi connectivity index (χ1v) is 15.7. The summed E-state index contributed by atoms with van der Waals surface area (Å²) in [6.45, 7) is 22.7. The summed E-state index contributed by atoms with van der Waals surface area (Å²) < 4.78 is 0. The highest BCUT2D eigenvalue weighted by molar-refractivity contribution is 7.11. The number of hydrogen-bond donors (Lipinski definition) is 3. The van der Waals surface area contributed by atoms with E-state index in [0.29, 0.717) is 24.2 Å². The van der Waals surface area contributed by atoms with Crippen LogP contribution in [-0.2, 0) is 27.2 Å². The van der Waals surface area contributed by atoms with Gasteiger partial charge in [0.25, 0.3) is 0 Å². The first kappa shape index (κ1) is 38.4. The van der Waals surface area contributed by atoms with Gasteiger partial charge < -0.3 is 21.7 Å². The van der Waals surface area contributed by atoms with Gasteiger partial charge in [-0.2, -0.15) is 0 Å². The van der Waals surface area contributed by atoms with Gasteiger partial charge in [-0.15, -0.1) is 11.3 Å². The standard InChI is InChI=1S/C27H44N4OS.C2H6.2CH3NO/c1-7-21(5)24(16-20(4)18-31-14-12-30(6)13-15-31)28-26(32)10-11-27-29-23-9-8-22(19(2)3)17-25(23)33-27;1-2;2*2-1-3/h8-9,19,21-22,24H,4,7,10-18H2,1-3,5-6H3,(H,28,32);1-2H3;2*1H,(H2,2,3). The topological polar surface area (TPSA) is 135 Å². The number of allylic oxidation sites excluding steroid dienone is 1. The lowest BCUT2D eigenvalue weighted by atomic mass is 9.88. The van der Waals surface area contributed by atoms with E-state index in [2.05, 4.69) is 80.1 Å². The lowest BCUT2D eigenvalue weighted by Crippen LogP contribution is -2.45. The number of primary amides is 2. The monoisotopic (exact) mass is 592 g/mol. The summed E-state index contributed by atoms with van der Waals surface area (Å²) in [6, 6.07) is 0.154. The van der Waals surface area contributed by atoms with Gasteiger partial charge in [0.05, 0.1) is 10.7 Å². The molecule has 9 nitrogen and oxygen atoms in total. The van der Waals surface area contributed by atoms with E-state index >= 15 is 0 Å². The fraction of sp³-hybridized carbons (Fsp3) is 0.677. The molecule has 2 aliphatic rings. The molecule has 0 bridgehead atoms. The van der Waals surface area contributed by atoms with Crippen molar-refractivity contribution in [3.05, 3.63) is 33.8 Å². The van der Waals surface area contributed by atoms with Crippen LogP contribution in [0.1, 0.15) is 76.4 Å². The first-order valence-electron chi connectivity index (χ1n) is 14.9. The molecular formula is C31H56N6O3S. The van der Waals surface area contributed by atoms with Gasteiger partial charge in [0.15, 0.2) is 0 Å². The molecule has 41 heavy (non-hydrogen) atoms. The van der Waals surface area contributed by atoms with Crippen molar-refractivity contribution in [2.75, 3.05) is 39.8 Å². The summed E-state index contributed by atoms with van der Waals surface area (Å²) >= 11 is 1.79. The van der Waals surface area contributed by atoms with Gasteiger partial charge >= 0.3 is 0 Å². The molecule has 1 aromatic rings. The number of amides is 3. The third-order valence-corrected chi connectivity index (χ3v) is 8.50. The Morgan fingerprint density at radius 1 is 1.17 bits per heavy atom. The lowest BCUT2D eigenvalue weighted by Gasteiger charge is -2.33. The van der Waals surface area contributed by atoms with E-state index in [1.54, 1.807) is 11.3 Å². The summed E-state index contributed by atoms with van der Waals surface area (Å²) in [5.74, 6) is 1.82. The molecule has 5 N–H and O–H groups in total. The van der Waals surface area contributed by atoms with Gasteiger partial charge in [0, 0.05) is 56.5 Å².